The van der Waals surface area contributed by atoms with E-state index in [2.05, 4.69) is 11.8 Å². The van der Waals surface area contributed by atoms with Gasteiger partial charge in [-0.05, 0) is 13.0 Å². The van der Waals surface area contributed by atoms with Crippen molar-refractivity contribution in [3.63, 3.8) is 0 Å². The molecule has 0 unspecified atom stereocenters. The summed E-state index contributed by atoms with van der Waals surface area (Å²) in [4.78, 5) is 9.88. The Morgan fingerprint density at radius 3 is 2.80 bits per heavy atom. The van der Waals surface area contributed by atoms with Gasteiger partial charge in [0.2, 0.25) is 0 Å². The number of benzene rings is 1. The Morgan fingerprint density at radius 2 is 2.27 bits per heavy atom. The maximum Gasteiger partial charge on any atom is 0.276 e. The SMILES string of the molecule is Cc1c(C#CCO)cc(F)cc1[N+](=O)[O-]. The van der Waals surface area contributed by atoms with Gasteiger partial charge in [-0.3, -0.25) is 10.1 Å². The molecule has 0 aliphatic carbocycles. The summed E-state index contributed by atoms with van der Waals surface area (Å²) < 4.78 is 13.0. The van der Waals surface area contributed by atoms with E-state index in [0.29, 0.717) is 5.56 Å². The summed E-state index contributed by atoms with van der Waals surface area (Å²) in [5.41, 5.74) is 0.204. The molecule has 0 saturated carbocycles. The van der Waals surface area contributed by atoms with Crippen molar-refractivity contribution < 1.29 is 14.4 Å². The van der Waals surface area contributed by atoms with Gasteiger partial charge in [0.15, 0.2) is 0 Å². The molecular weight excluding hydrogens is 201 g/mol. The van der Waals surface area contributed by atoms with Crippen LogP contribution in [0.5, 0.6) is 0 Å². The second kappa shape index (κ2) is 4.53. The standard InChI is InChI=1S/C10H8FNO3/c1-7-8(3-2-4-13)5-9(11)6-10(7)12(14)15/h5-6,13H,4H2,1H3. The monoisotopic (exact) mass is 209 g/mol. The van der Waals surface area contributed by atoms with E-state index in [-0.39, 0.29) is 17.9 Å². The molecule has 0 aromatic heterocycles. The lowest BCUT2D eigenvalue weighted by Gasteiger charge is -2.00. The van der Waals surface area contributed by atoms with Crippen LogP contribution in [0.1, 0.15) is 11.1 Å². The van der Waals surface area contributed by atoms with Crippen molar-refractivity contribution in [1.29, 1.82) is 0 Å². The van der Waals surface area contributed by atoms with Crippen LogP contribution in [-0.4, -0.2) is 16.6 Å². The summed E-state index contributed by atoms with van der Waals surface area (Å²) in [6.07, 6.45) is 0. The van der Waals surface area contributed by atoms with E-state index in [1.165, 1.54) is 6.92 Å². The first kappa shape index (κ1) is 11.1. The summed E-state index contributed by atoms with van der Waals surface area (Å²) in [6.45, 7) is 1.11. The zero-order valence-electron chi connectivity index (χ0n) is 7.95. The first-order chi connectivity index (χ1) is 7.06. The highest BCUT2D eigenvalue weighted by atomic mass is 19.1. The summed E-state index contributed by atoms with van der Waals surface area (Å²) in [5.74, 6) is 4.06. The van der Waals surface area contributed by atoms with Crippen molar-refractivity contribution in [3.8, 4) is 11.8 Å². The van der Waals surface area contributed by atoms with Gasteiger partial charge in [0.1, 0.15) is 12.4 Å². The number of aliphatic hydroxyl groups is 1. The summed E-state index contributed by atoms with van der Waals surface area (Å²) in [6, 6.07) is 1.95. The fourth-order valence-electron chi connectivity index (χ4n) is 1.12. The van der Waals surface area contributed by atoms with Crippen molar-refractivity contribution >= 4 is 5.69 Å². The summed E-state index contributed by atoms with van der Waals surface area (Å²) in [5, 5.41) is 19.0. The molecule has 15 heavy (non-hydrogen) atoms. The first-order valence-electron chi connectivity index (χ1n) is 4.10. The number of hydrogen-bond donors (Lipinski definition) is 1. The molecule has 0 aliphatic rings. The number of rotatable bonds is 1. The van der Waals surface area contributed by atoms with Crippen LogP contribution in [0.3, 0.4) is 0 Å². The molecule has 5 heteroatoms. The minimum atomic E-state index is -0.713. The van der Waals surface area contributed by atoms with Gasteiger partial charge < -0.3 is 5.11 Å². The Labute approximate surface area is 85.5 Å². The van der Waals surface area contributed by atoms with Crippen LogP contribution in [0.2, 0.25) is 0 Å². The number of halogens is 1. The van der Waals surface area contributed by atoms with Crippen molar-refractivity contribution in [2.24, 2.45) is 0 Å². The summed E-state index contributed by atoms with van der Waals surface area (Å²) >= 11 is 0. The minimum Gasteiger partial charge on any atom is -0.384 e. The molecule has 4 nitrogen and oxygen atoms in total. The van der Waals surface area contributed by atoms with Crippen molar-refractivity contribution in [3.05, 3.63) is 39.2 Å². The highest BCUT2D eigenvalue weighted by molar-refractivity contribution is 5.52. The van der Waals surface area contributed by atoms with E-state index in [0.717, 1.165) is 12.1 Å². The molecule has 0 aliphatic heterocycles. The second-order valence-electron chi connectivity index (χ2n) is 2.81. The maximum absolute atomic E-state index is 13.0. The average molecular weight is 209 g/mol. The van der Waals surface area contributed by atoms with E-state index in [1.54, 1.807) is 0 Å². The highest BCUT2D eigenvalue weighted by Gasteiger charge is 2.15. The number of nitro groups is 1. The van der Waals surface area contributed by atoms with Crippen LogP contribution < -0.4 is 0 Å². The van der Waals surface area contributed by atoms with Gasteiger partial charge in [0.25, 0.3) is 5.69 Å². The Morgan fingerprint density at radius 1 is 1.60 bits per heavy atom. The predicted molar refractivity (Wildman–Crippen MR) is 51.8 cm³/mol. The van der Waals surface area contributed by atoms with Gasteiger partial charge in [0, 0.05) is 11.1 Å². The molecule has 1 aromatic rings. The second-order valence-corrected chi connectivity index (χ2v) is 2.81. The zero-order chi connectivity index (χ0) is 11.4. The van der Waals surface area contributed by atoms with Gasteiger partial charge >= 0.3 is 0 Å². The Kier molecular flexibility index (Phi) is 3.37. The molecular formula is C10H8FNO3. The molecule has 0 heterocycles. The number of nitro benzene ring substituents is 1. The van der Waals surface area contributed by atoms with Crippen molar-refractivity contribution in [1.82, 2.24) is 0 Å². The fraction of sp³-hybridized carbons (Fsp3) is 0.200. The van der Waals surface area contributed by atoms with Crippen LogP contribution in [-0.2, 0) is 0 Å². The van der Waals surface area contributed by atoms with Gasteiger partial charge in [-0.1, -0.05) is 11.8 Å². The molecule has 1 N–H and O–H groups in total. The first-order valence-corrected chi connectivity index (χ1v) is 4.10. The molecule has 0 atom stereocenters. The molecule has 0 radical (unpaired) electrons. The Hall–Kier alpha value is -1.93. The molecule has 0 fully saturated rings. The zero-order valence-corrected chi connectivity index (χ0v) is 7.95. The lowest BCUT2D eigenvalue weighted by Crippen LogP contribution is -1.96. The number of hydrogen-bond acceptors (Lipinski definition) is 3. The lowest BCUT2D eigenvalue weighted by atomic mass is 10.1. The molecule has 0 saturated heterocycles. The van der Waals surface area contributed by atoms with Crippen LogP contribution >= 0.6 is 0 Å². The van der Waals surface area contributed by atoms with E-state index in [1.807, 2.05) is 0 Å². The number of nitrogens with zero attached hydrogens (tertiary/aromatic N) is 1. The van der Waals surface area contributed by atoms with Gasteiger partial charge in [-0.2, -0.15) is 0 Å². The smallest absolute Gasteiger partial charge is 0.276 e. The van der Waals surface area contributed by atoms with Gasteiger partial charge in [-0.25, -0.2) is 4.39 Å². The molecule has 0 bridgehead atoms. The third kappa shape index (κ3) is 2.51. The van der Waals surface area contributed by atoms with E-state index < -0.39 is 10.7 Å². The van der Waals surface area contributed by atoms with Crippen molar-refractivity contribution in [2.75, 3.05) is 6.61 Å². The topological polar surface area (TPSA) is 63.4 Å². The minimum absolute atomic E-state index is 0.218. The maximum atomic E-state index is 13.0. The molecule has 0 spiro atoms. The molecule has 78 valence electrons. The van der Waals surface area contributed by atoms with Gasteiger partial charge in [-0.15, -0.1) is 0 Å². The largest absolute Gasteiger partial charge is 0.384 e. The van der Waals surface area contributed by atoms with E-state index >= 15 is 0 Å². The highest BCUT2D eigenvalue weighted by Crippen LogP contribution is 2.22. The molecule has 0 amide bonds. The third-order valence-corrected chi connectivity index (χ3v) is 1.84. The van der Waals surface area contributed by atoms with Crippen molar-refractivity contribution in [2.45, 2.75) is 6.92 Å². The summed E-state index contributed by atoms with van der Waals surface area (Å²) in [7, 11) is 0. The van der Waals surface area contributed by atoms with Crippen LogP contribution in [0, 0.1) is 34.7 Å². The quantitative estimate of drug-likeness (QED) is 0.431. The fourth-order valence-corrected chi connectivity index (χ4v) is 1.12. The Balaban J connectivity index is 3.34. The van der Waals surface area contributed by atoms with Gasteiger partial charge in [0.05, 0.1) is 11.0 Å². The lowest BCUT2D eigenvalue weighted by molar-refractivity contribution is -0.385. The normalized spacial score (nSPS) is 9.27. The molecule has 1 rings (SSSR count). The van der Waals surface area contributed by atoms with E-state index in [9.17, 15) is 14.5 Å². The van der Waals surface area contributed by atoms with E-state index in [4.69, 9.17) is 5.11 Å². The average Bonchev–Trinajstić information content (AvgIpc) is 2.18. The molecule has 1 aromatic carbocycles. The number of aliphatic hydroxyl groups excluding tert-OH is 1. The Bertz CT molecular complexity index is 460. The third-order valence-electron chi connectivity index (χ3n) is 1.84. The van der Waals surface area contributed by atoms with Crippen LogP contribution in [0.4, 0.5) is 10.1 Å². The predicted octanol–water partition coefficient (Wildman–Crippen LogP) is 1.39. The van der Waals surface area contributed by atoms with Crippen LogP contribution in [0.15, 0.2) is 12.1 Å². The van der Waals surface area contributed by atoms with Crippen LogP contribution in [0.25, 0.3) is 0 Å².